The maximum atomic E-state index is 5.97. The highest BCUT2D eigenvalue weighted by Gasteiger charge is 2.09. The minimum absolute atomic E-state index is 0.745. The molecule has 0 aliphatic rings. The molecule has 0 atom stereocenters. The molecule has 0 bridgehead atoms. The Labute approximate surface area is 75.9 Å². The first-order chi connectivity index (χ1) is 5.16. The Kier molecular flexibility index (Phi) is 2.84. The fraction of sp³-hybridized carbons (Fsp3) is 0.571. The third kappa shape index (κ3) is 1.71. The SMILES string of the molecule is CCSc1c(C)nn(C)c1Cl. The number of hydrogen-bond acceptors (Lipinski definition) is 2. The van der Waals surface area contributed by atoms with Crippen LogP contribution in [0.5, 0.6) is 0 Å². The molecule has 0 N–H and O–H groups in total. The van der Waals surface area contributed by atoms with Gasteiger partial charge in [0.1, 0.15) is 5.15 Å². The highest BCUT2D eigenvalue weighted by molar-refractivity contribution is 7.99. The first-order valence-corrected chi connectivity index (χ1v) is 4.85. The summed E-state index contributed by atoms with van der Waals surface area (Å²) in [5.41, 5.74) is 1.02. The van der Waals surface area contributed by atoms with Crippen molar-refractivity contribution in [1.82, 2.24) is 9.78 Å². The molecular formula is C7H11ClN2S. The van der Waals surface area contributed by atoms with Crippen LogP contribution in [0.2, 0.25) is 5.15 Å². The van der Waals surface area contributed by atoms with E-state index in [0.29, 0.717) is 0 Å². The molecule has 0 aliphatic heterocycles. The summed E-state index contributed by atoms with van der Waals surface area (Å²) >= 11 is 7.71. The van der Waals surface area contributed by atoms with E-state index in [0.717, 1.165) is 21.5 Å². The summed E-state index contributed by atoms with van der Waals surface area (Å²) in [5, 5.41) is 4.94. The Morgan fingerprint density at radius 3 is 2.64 bits per heavy atom. The molecule has 1 rings (SSSR count). The fourth-order valence-corrected chi connectivity index (χ4v) is 2.05. The Morgan fingerprint density at radius 2 is 2.27 bits per heavy atom. The van der Waals surface area contributed by atoms with Gasteiger partial charge in [-0.25, -0.2) is 0 Å². The van der Waals surface area contributed by atoms with E-state index < -0.39 is 0 Å². The molecule has 0 saturated carbocycles. The van der Waals surface area contributed by atoms with Gasteiger partial charge in [0.05, 0.1) is 10.6 Å². The molecule has 11 heavy (non-hydrogen) atoms. The van der Waals surface area contributed by atoms with Crippen molar-refractivity contribution in [3.63, 3.8) is 0 Å². The van der Waals surface area contributed by atoms with E-state index in [2.05, 4.69) is 12.0 Å². The van der Waals surface area contributed by atoms with Crippen molar-refractivity contribution in [3.05, 3.63) is 10.8 Å². The molecule has 0 fully saturated rings. The molecule has 4 heteroatoms. The number of nitrogens with zero attached hydrogens (tertiary/aromatic N) is 2. The predicted octanol–water partition coefficient (Wildman–Crippen LogP) is 2.49. The zero-order valence-corrected chi connectivity index (χ0v) is 8.46. The lowest BCUT2D eigenvalue weighted by molar-refractivity contribution is 0.757. The zero-order valence-electron chi connectivity index (χ0n) is 6.89. The summed E-state index contributed by atoms with van der Waals surface area (Å²) in [6.07, 6.45) is 0. The second kappa shape index (κ2) is 3.50. The van der Waals surface area contributed by atoms with Crippen molar-refractivity contribution in [2.24, 2.45) is 7.05 Å². The van der Waals surface area contributed by atoms with Gasteiger partial charge < -0.3 is 0 Å². The van der Waals surface area contributed by atoms with Crippen molar-refractivity contribution in [1.29, 1.82) is 0 Å². The molecule has 0 aliphatic carbocycles. The van der Waals surface area contributed by atoms with Gasteiger partial charge in [-0.1, -0.05) is 18.5 Å². The average Bonchev–Trinajstić information content (AvgIpc) is 2.17. The minimum Gasteiger partial charge on any atom is -0.256 e. The van der Waals surface area contributed by atoms with Crippen molar-refractivity contribution in [2.45, 2.75) is 18.7 Å². The van der Waals surface area contributed by atoms with Crippen molar-refractivity contribution < 1.29 is 0 Å². The maximum Gasteiger partial charge on any atom is 0.140 e. The summed E-state index contributed by atoms with van der Waals surface area (Å²) in [5.74, 6) is 1.03. The van der Waals surface area contributed by atoms with E-state index in [4.69, 9.17) is 11.6 Å². The van der Waals surface area contributed by atoms with Crippen molar-refractivity contribution in [3.8, 4) is 0 Å². The summed E-state index contributed by atoms with van der Waals surface area (Å²) in [6, 6.07) is 0. The van der Waals surface area contributed by atoms with E-state index in [-0.39, 0.29) is 0 Å². The molecule has 0 unspecified atom stereocenters. The van der Waals surface area contributed by atoms with E-state index in [1.807, 2.05) is 14.0 Å². The smallest absolute Gasteiger partial charge is 0.140 e. The first kappa shape index (κ1) is 8.94. The van der Waals surface area contributed by atoms with Crippen molar-refractivity contribution >= 4 is 23.4 Å². The Morgan fingerprint density at radius 1 is 1.64 bits per heavy atom. The van der Waals surface area contributed by atoms with Crippen LogP contribution >= 0.6 is 23.4 Å². The lowest BCUT2D eigenvalue weighted by Gasteiger charge is -1.94. The van der Waals surface area contributed by atoms with Gasteiger partial charge in [-0.05, 0) is 12.7 Å². The number of halogens is 1. The van der Waals surface area contributed by atoms with Gasteiger partial charge in [0, 0.05) is 7.05 Å². The Hall–Kier alpha value is -0.150. The average molecular weight is 191 g/mol. The maximum absolute atomic E-state index is 5.97. The summed E-state index contributed by atoms with van der Waals surface area (Å²) in [7, 11) is 1.86. The number of aromatic nitrogens is 2. The molecule has 2 nitrogen and oxygen atoms in total. The standard InChI is InChI=1S/C7H11ClN2S/c1-4-11-6-5(2)9-10(3)7(6)8/h4H2,1-3H3. The highest BCUT2D eigenvalue weighted by Crippen LogP contribution is 2.29. The quantitative estimate of drug-likeness (QED) is 0.667. The summed E-state index contributed by atoms with van der Waals surface area (Å²) in [4.78, 5) is 1.11. The molecule has 1 aromatic heterocycles. The molecule has 1 aromatic rings. The molecule has 0 aromatic carbocycles. The number of aryl methyl sites for hydroxylation is 2. The van der Waals surface area contributed by atoms with Crippen LogP contribution < -0.4 is 0 Å². The second-order valence-electron chi connectivity index (χ2n) is 2.26. The summed E-state index contributed by atoms with van der Waals surface area (Å²) < 4.78 is 1.70. The van der Waals surface area contributed by atoms with Crippen LogP contribution in [0.4, 0.5) is 0 Å². The fourth-order valence-electron chi connectivity index (χ4n) is 0.919. The van der Waals surface area contributed by atoms with E-state index in [9.17, 15) is 0 Å². The topological polar surface area (TPSA) is 17.8 Å². The Bertz CT molecular complexity index is 257. The number of hydrogen-bond donors (Lipinski definition) is 0. The molecular weight excluding hydrogens is 180 g/mol. The van der Waals surface area contributed by atoms with Crippen LogP contribution in [0.15, 0.2) is 4.90 Å². The molecule has 62 valence electrons. The third-order valence-corrected chi connectivity index (χ3v) is 3.00. The van der Waals surface area contributed by atoms with Crippen LogP contribution in [-0.2, 0) is 7.05 Å². The first-order valence-electron chi connectivity index (χ1n) is 3.48. The van der Waals surface area contributed by atoms with Crippen LogP contribution in [0.1, 0.15) is 12.6 Å². The third-order valence-electron chi connectivity index (χ3n) is 1.39. The van der Waals surface area contributed by atoms with Gasteiger partial charge >= 0.3 is 0 Å². The monoisotopic (exact) mass is 190 g/mol. The molecule has 0 spiro atoms. The molecule has 0 amide bonds. The van der Waals surface area contributed by atoms with Crippen LogP contribution in [0.25, 0.3) is 0 Å². The van der Waals surface area contributed by atoms with Crippen molar-refractivity contribution in [2.75, 3.05) is 5.75 Å². The molecule has 0 radical (unpaired) electrons. The van der Waals surface area contributed by atoms with Crippen LogP contribution in [0.3, 0.4) is 0 Å². The molecule has 0 saturated heterocycles. The largest absolute Gasteiger partial charge is 0.256 e. The highest BCUT2D eigenvalue weighted by atomic mass is 35.5. The van der Waals surface area contributed by atoms with Gasteiger partial charge in [0.2, 0.25) is 0 Å². The number of rotatable bonds is 2. The zero-order chi connectivity index (χ0) is 8.43. The van der Waals surface area contributed by atoms with Gasteiger partial charge in [-0.2, -0.15) is 5.10 Å². The molecule has 1 heterocycles. The second-order valence-corrected chi connectivity index (χ2v) is 3.89. The lowest BCUT2D eigenvalue weighted by atomic mass is 10.5. The van der Waals surface area contributed by atoms with Gasteiger partial charge in [0.15, 0.2) is 0 Å². The Balaban J connectivity index is 3.02. The minimum atomic E-state index is 0.745. The summed E-state index contributed by atoms with van der Waals surface area (Å²) in [6.45, 7) is 4.08. The van der Waals surface area contributed by atoms with Crippen LogP contribution in [-0.4, -0.2) is 15.5 Å². The normalized spacial score (nSPS) is 10.5. The van der Waals surface area contributed by atoms with Gasteiger partial charge in [-0.15, -0.1) is 11.8 Å². The van der Waals surface area contributed by atoms with Gasteiger partial charge in [-0.3, -0.25) is 4.68 Å². The van der Waals surface area contributed by atoms with Gasteiger partial charge in [0.25, 0.3) is 0 Å². The van der Waals surface area contributed by atoms with E-state index in [1.165, 1.54) is 0 Å². The lowest BCUT2D eigenvalue weighted by Crippen LogP contribution is -1.88. The number of thioether (sulfide) groups is 1. The predicted molar refractivity (Wildman–Crippen MR) is 49.4 cm³/mol. The van der Waals surface area contributed by atoms with Crippen LogP contribution in [0, 0.1) is 6.92 Å². The van der Waals surface area contributed by atoms with E-state index in [1.54, 1.807) is 16.4 Å². The van der Waals surface area contributed by atoms with E-state index >= 15 is 0 Å².